The summed E-state index contributed by atoms with van der Waals surface area (Å²) in [6, 6.07) is 3.51. The Morgan fingerprint density at radius 3 is 2.71 bits per heavy atom. The fourth-order valence-corrected chi connectivity index (χ4v) is 4.75. The molecule has 4 nitrogen and oxygen atoms in total. The quantitative estimate of drug-likeness (QED) is 0.869. The number of nitrogens with zero attached hydrogens (tertiary/aromatic N) is 2. The molecule has 0 atom stereocenters. The standard InChI is InChI=1S/C10H12N2O2S3/c1-3-8-4-5-9(16-8)17(13,14)12(2)10-11-6-7-15-10/h4-7H,3H2,1-2H3. The monoisotopic (exact) mass is 288 g/mol. The number of hydrogen-bond acceptors (Lipinski definition) is 5. The summed E-state index contributed by atoms with van der Waals surface area (Å²) in [5.74, 6) is 0. The Balaban J connectivity index is 2.36. The van der Waals surface area contributed by atoms with Crippen molar-refractivity contribution in [2.24, 2.45) is 0 Å². The van der Waals surface area contributed by atoms with Crippen molar-refractivity contribution in [3.63, 3.8) is 0 Å². The second-order valence-corrected chi connectivity index (χ2v) is 7.60. The summed E-state index contributed by atoms with van der Waals surface area (Å²) < 4.78 is 26.1. The predicted octanol–water partition coefficient (Wildman–Crippen LogP) is 2.59. The number of aromatic nitrogens is 1. The van der Waals surface area contributed by atoms with Crippen molar-refractivity contribution in [3.05, 3.63) is 28.6 Å². The first-order valence-electron chi connectivity index (χ1n) is 5.03. The molecule has 0 aliphatic heterocycles. The minimum absolute atomic E-state index is 0.368. The van der Waals surface area contributed by atoms with Gasteiger partial charge in [-0.3, -0.25) is 0 Å². The highest BCUT2D eigenvalue weighted by molar-refractivity contribution is 7.95. The minimum Gasteiger partial charge on any atom is -0.244 e. The molecule has 0 aliphatic rings. The van der Waals surface area contributed by atoms with Crippen molar-refractivity contribution in [2.45, 2.75) is 17.6 Å². The van der Waals surface area contributed by atoms with E-state index in [1.54, 1.807) is 17.6 Å². The Kier molecular flexibility index (Phi) is 3.50. The van der Waals surface area contributed by atoms with Crippen LogP contribution in [-0.4, -0.2) is 20.4 Å². The highest BCUT2D eigenvalue weighted by Crippen LogP contribution is 2.28. The zero-order chi connectivity index (χ0) is 12.5. The van der Waals surface area contributed by atoms with E-state index < -0.39 is 10.0 Å². The van der Waals surface area contributed by atoms with Crippen molar-refractivity contribution in [1.29, 1.82) is 0 Å². The molecule has 17 heavy (non-hydrogen) atoms. The number of rotatable bonds is 4. The molecule has 0 spiro atoms. The van der Waals surface area contributed by atoms with Crippen LogP contribution in [0.25, 0.3) is 0 Å². The van der Waals surface area contributed by atoms with Crippen LogP contribution in [0.1, 0.15) is 11.8 Å². The molecule has 2 aromatic heterocycles. The van der Waals surface area contributed by atoms with Crippen molar-refractivity contribution in [1.82, 2.24) is 4.98 Å². The summed E-state index contributed by atoms with van der Waals surface area (Å²) in [6.45, 7) is 2.01. The zero-order valence-corrected chi connectivity index (χ0v) is 11.9. The van der Waals surface area contributed by atoms with Crippen LogP contribution in [0.3, 0.4) is 0 Å². The fourth-order valence-electron chi connectivity index (χ4n) is 1.30. The third-order valence-corrected chi connectivity index (χ3v) is 6.70. The lowest BCUT2D eigenvalue weighted by Gasteiger charge is -2.14. The second kappa shape index (κ2) is 4.75. The van der Waals surface area contributed by atoms with E-state index in [0.29, 0.717) is 9.34 Å². The fraction of sp³-hybridized carbons (Fsp3) is 0.300. The number of aryl methyl sites for hydroxylation is 1. The molecule has 0 unspecified atom stereocenters. The van der Waals surface area contributed by atoms with Gasteiger partial charge >= 0.3 is 0 Å². The largest absolute Gasteiger partial charge is 0.275 e. The SMILES string of the molecule is CCc1ccc(S(=O)(=O)N(C)c2nccs2)s1. The summed E-state index contributed by atoms with van der Waals surface area (Å²) in [6.07, 6.45) is 2.44. The molecule has 0 fully saturated rings. The van der Waals surface area contributed by atoms with Crippen LogP contribution in [0, 0.1) is 0 Å². The van der Waals surface area contributed by atoms with Crippen LogP contribution in [0.5, 0.6) is 0 Å². The zero-order valence-electron chi connectivity index (χ0n) is 9.45. The van der Waals surface area contributed by atoms with Crippen molar-refractivity contribution in [2.75, 3.05) is 11.4 Å². The van der Waals surface area contributed by atoms with Crippen LogP contribution in [0.15, 0.2) is 27.9 Å². The van der Waals surface area contributed by atoms with Crippen LogP contribution < -0.4 is 4.31 Å². The van der Waals surface area contributed by atoms with Crippen LogP contribution in [0.4, 0.5) is 5.13 Å². The molecule has 2 rings (SSSR count). The van der Waals surface area contributed by atoms with E-state index in [9.17, 15) is 8.42 Å². The van der Waals surface area contributed by atoms with E-state index in [-0.39, 0.29) is 0 Å². The van der Waals surface area contributed by atoms with Crippen molar-refractivity contribution >= 4 is 37.8 Å². The van der Waals surface area contributed by atoms with E-state index in [4.69, 9.17) is 0 Å². The summed E-state index contributed by atoms with van der Waals surface area (Å²) in [5, 5.41) is 2.24. The number of anilines is 1. The number of sulfonamides is 1. The topological polar surface area (TPSA) is 50.3 Å². The molecule has 0 aliphatic carbocycles. The Bertz CT molecular complexity index is 587. The van der Waals surface area contributed by atoms with Gasteiger partial charge in [0.2, 0.25) is 0 Å². The van der Waals surface area contributed by atoms with Gasteiger partial charge in [-0.2, -0.15) is 0 Å². The maximum absolute atomic E-state index is 12.3. The minimum atomic E-state index is -3.45. The predicted molar refractivity (Wildman–Crippen MR) is 71.4 cm³/mol. The van der Waals surface area contributed by atoms with Gasteiger partial charge in [0.05, 0.1) is 0 Å². The van der Waals surface area contributed by atoms with Gasteiger partial charge in [0.15, 0.2) is 5.13 Å². The second-order valence-electron chi connectivity index (χ2n) is 3.36. The Morgan fingerprint density at radius 1 is 1.41 bits per heavy atom. The Morgan fingerprint density at radius 2 is 2.18 bits per heavy atom. The van der Waals surface area contributed by atoms with E-state index in [1.807, 2.05) is 13.0 Å². The van der Waals surface area contributed by atoms with Crippen LogP contribution in [-0.2, 0) is 16.4 Å². The molecule has 0 saturated heterocycles. The van der Waals surface area contributed by atoms with Gasteiger partial charge in [0, 0.05) is 23.5 Å². The molecule has 0 saturated carbocycles. The molecule has 0 N–H and O–H groups in total. The van der Waals surface area contributed by atoms with Gasteiger partial charge in [-0.15, -0.1) is 22.7 Å². The Hall–Kier alpha value is -0.920. The van der Waals surface area contributed by atoms with Gasteiger partial charge in [-0.05, 0) is 18.6 Å². The highest BCUT2D eigenvalue weighted by Gasteiger charge is 2.24. The molecule has 92 valence electrons. The summed E-state index contributed by atoms with van der Waals surface area (Å²) in [7, 11) is -1.92. The molecule has 2 aromatic rings. The molecular weight excluding hydrogens is 276 g/mol. The number of hydrogen-bond donors (Lipinski definition) is 0. The number of thiazole rings is 1. The van der Waals surface area contributed by atoms with Gasteiger partial charge in [-0.1, -0.05) is 6.92 Å². The average molecular weight is 288 g/mol. The molecule has 0 radical (unpaired) electrons. The van der Waals surface area contributed by atoms with Gasteiger partial charge in [-0.25, -0.2) is 17.7 Å². The smallest absolute Gasteiger partial charge is 0.244 e. The third kappa shape index (κ3) is 2.36. The van der Waals surface area contributed by atoms with E-state index >= 15 is 0 Å². The average Bonchev–Trinajstić information content (AvgIpc) is 2.98. The maximum Gasteiger partial charge on any atom is 0.275 e. The normalized spacial score (nSPS) is 11.6. The first-order chi connectivity index (χ1) is 8.05. The summed E-state index contributed by atoms with van der Waals surface area (Å²) in [5.41, 5.74) is 0. The first-order valence-corrected chi connectivity index (χ1v) is 8.16. The molecule has 0 bridgehead atoms. The molecule has 0 amide bonds. The highest BCUT2D eigenvalue weighted by atomic mass is 32.2. The van der Waals surface area contributed by atoms with Crippen molar-refractivity contribution < 1.29 is 8.42 Å². The van der Waals surface area contributed by atoms with E-state index in [2.05, 4.69) is 4.98 Å². The van der Waals surface area contributed by atoms with Crippen LogP contribution >= 0.6 is 22.7 Å². The van der Waals surface area contributed by atoms with Gasteiger partial charge in [0.1, 0.15) is 4.21 Å². The molecule has 0 aromatic carbocycles. The first kappa shape index (κ1) is 12.5. The molecule has 2 heterocycles. The molecule has 7 heteroatoms. The lowest BCUT2D eigenvalue weighted by molar-refractivity contribution is 0.596. The van der Waals surface area contributed by atoms with E-state index in [1.165, 1.54) is 34.0 Å². The third-order valence-electron chi connectivity index (χ3n) is 2.29. The lowest BCUT2D eigenvalue weighted by Crippen LogP contribution is -2.25. The van der Waals surface area contributed by atoms with Gasteiger partial charge in [0.25, 0.3) is 10.0 Å². The van der Waals surface area contributed by atoms with Crippen LogP contribution in [0.2, 0.25) is 0 Å². The van der Waals surface area contributed by atoms with Crippen molar-refractivity contribution in [3.8, 4) is 0 Å². The lowest BCUT2D eigenvalue weighted by atomic mass is 10.4. The maximum atomic E-state index is 12.3. The van der Waals surface area contributed by atoms with E-state index in [0.717, 1.165) is 11.3 Å². The molecular formula is C10H12N2O2S3. The summed E-state index contributed by atoms with van der Waals surface area (Å²) in [4.78, 5) is 5.07. The number of thiophene rings is 1. The Labute approximate surface area is 109 Å². The van der Waals surface area contributed by atoms with Gasteiger partial charge < -0.3 is 0 Å². The summed E-state index contributed by atoms with van der Waals surface area (Å²) >= 11 is 2.62.